The Morgan fingerprint density at radius 3 is 2.53 bits per heavy atom. The van der Waals surface area contributed by atoms with Crippen LogP contribution in [0.15, 0.2) is 66.7 Å². The summed E-state index contributed by atoms with van der Waals surface area (Å²) in [5.41, 5.74) is 1.55. The van der Waals surface area contributed by atoms with Crippen LogP contribution in [0.5, 0.6) is 5.75 Å². The van der Waals surface area contributed by atoms with Crippen LogP contribution < -0.4 is 20.7 Å². The van der Waals surface area contributed by atoms with Crippen molar-refractivity contribution >= 4 is 55.8 Å². The lowest BCUT2D eigenvalue weighted by molar-refractivity contribution is -0.118. The van der Waals surface area contributed by atoms with Gasteiger partial charge in [-0.2, -0.15) is 0 Å². The summed E-state index contributed by atoms with van der Waals surface area (Å²) in [6, 6.07) is 17.5. The van der Waals surface area contributed by atoms with Gasteiger partial charge in [0.1, 0.15) is 11.6 Å². The van der Waals surface area contributed by atoms with Gasteiger partial charge in [0, 0.05) is 12.6 Å². The van der Waals surface area contributed by atoms with Gasteiger partial charge < -0.3 is 15.4 Å². The molecule has 3 amide bonds. The molecular weight excluding hydrogens is 459 g/mol. The van der Waals surface area contributed by atoms with Crippen molar-refractivity contribution in [1.82, 2.24) is 4.98 Å². The topological polar surface area (TPSA) is 109 Å². The summed E-state index contributed by atoms with van der Waals surface area (Å²) in [5.74, 6) is -1.59. The van der Waals surface area contributed by atoms with Gasteiger partial charge in [0.2, 0.25) is 5.91 Å². The number of aromatic nitrogens is 1. The summed E-state index contributed by atoms with van der Waals surface area (Å²) < 4.78 is 20.0. The van der Waals surface area contributed by atoms with Crippen molar-refractivity contribution in [2.24, 2.45) is 0 Å². The number of para-hydroxylation sites is 2. The number of rotatable bonds is 7. The molecule has 1 aromatic heterocycles. The van der Waals surface area contributed by atoms with Crippen LogP contribution in [0.2, 0.25) is 0 Å². The van der Waals surface area contributed by atoms with Crippen LogP contribution in [0.25, 0.3) is 10.2 Å². The van der Waals surface area contributed by atoms with E-state index in [0.717, 1.165) is 4.70 Å². The van der Waals surface area contributed by atoms with E-state index in [2.05, 4.69) is 20.9 Å². The number of amides is 3. The van der Waals surface area contributed by atoms with Gasteiger partial charge in [-0.1, -0.05) is 35.6 Å². The molecule has 0 aliphatic heterocycles. The van der Waals surface area contributed by atoms with Crippen molar-refractivity contribution in [3.63, 3.8) is 0 Å². The number of benzene rings is 3. The number of anilines is 3. The number of carbonyl (C=O) groups is 3. The second-order valence-electron chi connectivity index (χ2n) is 7.15. The molecule has 0 saturated carbocycles. The molecule has 0 fully saturated rings. The fourth-order valence-electron chi connectivity index (χ4n) is 3.10. The second-order valence-corrected chi connectivity index (χ2v) is 8.18. The van der Waals surface area contributed by atoms with Crippen LogP contribution in [-0.2, 0) is 9.59 Å². The molecule has 0 atom stereocenters. The molecule has 4 aromatic rings. The quantitative estimate of drug-likeness (QED) is 0.358. The second kappa shape index (κ2) is 10.1. The first-order valence-corrected chi connectivity index (χ1v) is 11.0. The number of halogens is 1. The Kier molecular flexibility index (Phi) is 6.79. The monoisotopic (exact) mass is 478 g/mol. The van der Waals surface area contributed by atoms with Crippen LogP contribution in [0.3, 0.4) is 0 Å². The third kappa shape index (κ3) is 5.54. The number of nitrogens with one attached hydrogen (secondary N) is 3. The highest BCUT2D eigenvalue weighted by Crippen LogP contribution is 2.29. The van der Waals surface area contributed by atoms with Crippen molar-refractivity contribution in [2.45, 2.75) is 6.92 Å². The molecule has 0 radical (unpaired) electrons. The predicted octanol–water partition coefficient (Wildman–Crippen LogP) is 4.66. The summed E-state index contributed by atoms with van der Waals surface area (Å²) in [7, 11) is 0. The van der Waals surface area contributed by atoms with Gasteiger partial charge in [-0.25, -0.2) is 9.37 Å². The first-order valence-electron chi connectivity index (χ1n) is 10.1. The SMILES string of the molecule is CC(=O)Nc1ccc2nc(NC(=O)c3ccccc3OCC(=O)Nc3ccccc3F)sc2c1. The zero-order valence-corrected chi connectivity index (χ0v) is 18.7. The van der Waals surface area contributed by atoms with E-state index in [4.69, 9.17) is 4.74 Å². The average Bonchev–Trinajstić information content (AvgIpc) is 3.20. The Hall–Kier alpha value is -4.31. The number of ether oxygens (including phenoxy) is 1. The van der Waals surface area contributed by atoms with E-state index in [1.54, 1.807) is 48.5 Å². The minimum Gasteiger partial charge on any atom is -0.483 e. The first kappa shape index (κ1) is 22.9. The number of hydrogen-bond acceptors (Lipinski definition) is 6. The lowest BCUT2D eigenvalue weighted by atomic mass is 10.2. The molecule has 0 aliphatic rings. The number of hydrogen-bond donors (Lipinski definition) is 3. The van der Waals surface area contributed by atoms with E-state index in [9.17, 15) is 18.8 Å². The van der Waals surface area contributed by atoms with Crippen LogP contribution in [0.1, 0.15) is 17.3 Å². The summed E-state index contributed by atoms with van der Waals surface area (Å²) in [6.45, 7) is 1.01. The predicted molar refractivity (Wildman–Crippen MR) is 129 cm³/mol. The summed E-state index contributed by atoms with van der Waals surface area (Å²) in [6.07, 6.45) is 0. The molecule has 10 heteroatoms. The molecule has 0 bridgehead atoms. The average molecular weight is 479 g/mol. The highest BCUT2D eigenvalue weighted by molar-refractivity contribution is 7.22. The van der Waals surface area contributed by atoms with Crippen LogP contribution in [-0.4, -0.2) is 29.3 Å². The fraction of sp³-hybridized carbons (Fsp3) is 0.0833. The van der Waals surface area contributed by atoms with E-state index in [1.165, 1.54) is 36.5 Å². The van der Waals surface area contributed by atoms with Crippen molar-refractivity contribution < 1.29 is 23.5 Å². The normalized spacial score (nSPS) is 10.5. The maximum Gasteiger partial charge on any atom is 0.262 e. The largest absolute Gasteiger partial charge is 0.483 e. The molecule has 8 nitrogen and oxygen atoms in total. The molecule has 4 rings (SSSR count). The van der Waals surface area contributed by atoms with Gasteiger partial charge in [-0.3, -0.25) is 19.7 Å². The lowest BCUT2D eigenvalue weighted by Crippen LogP contribution is -2.22. The highest BCUT2D eigenvalue weighted by Gasteiger charge is 2.16. The molecule has 1 heterocycles. The maximum atomic E-state index is 13.7. The van der Waals surface area contributed by atoms with E-state index >= 15 is 0 Å². The maximum absolute atomic E-state index is 13.7. The number of nitrogens with zero attached hydrogens (tertiary/aromatic N) is 1. The highest BCUT2D eigenvalue weighted by atomic mass is 32.1. The Balaban J connectivity index is 1.43. The zero-order valence-electron chi connectivity index (χ0n) is 17.9. The zero-order chi connectivity index (χ0) is 24.1. The molecule has 3 aromatic carbocycles. The molecule has 0 aliphatic carbocycles. The standard InChI is InChI=1S/C24H19FN4O4S/c1-14(30)26-15-10-11-19-21(12-15)34-24(28-19)29-23(32)16-6-2-5-9-20(16)33-13-22(31)27-18-8-4-3-7-17(18)25/h2-12H,13H2,1H3,(H,26,30)(H,27,31)(H,28,29,32). The smallest absolute Gasteiger partial charge is 0.262 e. The van der Waals surface area contributed by atoms with Gasteiger partial charge in [0.15, 0.2) is 11.7 Å². The third-order valence-electron chi connectivity index (χ3n) is 4.57. The Morgan fingerprint density at radius 1 is 0.971 bits per heavy atom. The Morgan fingerprint density at radius 2 is 1.74 bits per heavy atom. The molecule has 3 N–H and O–H groups in total. The van der Waals surface area contributed by atoms with Gasteiger partial charge in [-0.05, 0) is 42.5 Å². The molecular formula is C24H19FN4O4S. The van der Waals surface area contributed by atoms with Crippen molar-refractivity contribution in [3.8, 4) is 5.75 Å². The number of fused-ring (bicyclic) bond motifs is 1. The van der Waals surface area contributed by atoms with Gasteiger partial charge in [0.25, 0.3) is 11.8 Å². The molecule has 0 spiro atoms. The van der Waals surface area contributed by atoms with E-state index in [0.29, 0.717) is 16.3 Å². The van der Waals surface area contributed by atoms with E-state index in [1.807, 2.05) is 0 Å². The Labute approximate surface area is 197 Å². The molecule has 0 unspecified atom stereocenters. The van der Waals surface area contributed by atoms with Gasteiger partial charge in [-0.15, -0.1) is 0 Å². The fourth-order valence-corrected chi connectivity index (χ4v) is 4.00. The molecule has 0 saturated heterocycles. The van der Waals surface area contributed by atoms with Crippen molar-refractivity contribution in [3.05, 3.63) is 78.1 Å². The van der Waals surface area contributed by atoms with Crippen molar-refractivity contribution in [2.75, 3.05) is 22.6 Å². The Bertz CT molecular complexity index is 1390. The van der Waals surface area contributed by atoms with E-state index in [-0.39, 0.29) is 22.9 Å². The summed E-state index contributed by atoms with van der Waals surface area (Å²) in [4.78, 5) is 40.7. The van der Waals surface area contributed by atoms with Crippen LogP contribution in [0, 0.1) is 5.82 Å². The third-order valence-corrected chi connectivity index (χ3v) is 5.50. The molecule has 34 heavy (non-hydrogen) atoms. The summed E-state index contributed by atoms with van der Waals surface area (Å²) >= 11 is 1.25. The van der Waals surface area contributed by atoms with Crippen molar-refractivity contribution in [1.29, 1.82) is 0 Å². The number of carbonyl (C=O) groups excluding carboxylic acids is 3. The molecule has 172 valence electrons. The van der Waals surface area contributed by atoms with Gasteiger partial charge >= 0.3 is 0 Å². The van der Waals surface area contributed by atoms with Gasteiger partial charge in [0.05, 0.1) is 21.5 Å². The lowest BCUT2D eigenvalue weighted by Gasteiger charge is -2.11. The number of thiazole rings is 1. The first-order chi connectivity index (χ1) is 16.4. The van der Waals surface area contributed by atoms with Crippen LogP contribution in [0.4, 0.5) is 20.9 Å². The summed E-state index contributed by atoms with van der Waals surface area (Å²) in [5, 5.41) is 8.23. The van der Waals surface area contributed by atoms with E-state index < -0.39 is 24.2 Å². The minimum absolute atomic E-state index is 0.0413. The van der Waals surface area contributed by atoms with Crippen LogP contribution >= 0.6 is 11.3 Å². The minimum atomic E-state index is -0.568.